The molecule has 176 valence electrons. The molecule has 3 rings (SSSR count). The minimum Gasteiger partial charge on any atom is -0.326 e. The highest BCUT2D eigenvalue weighted by molar-refractivity contribution is 8.00. The first kappa shape index (κ1) is 24.7. The highest BCUT2D eigenvalue weighted by Crippen LogP contribution is 2.30. The molecule has 1 unspecified atom stereocenters. The van der Waals surface area contributed by atoms with Crippen molar-refractivity contribution < 1.29 is 22.8 Å². The van der Waals surface area contributed by atoms with Crippen LogP contribution in [-0.4, -0.2) is 36.8 Å². The third-order valence-corrected chi connectivity index (χ3v) is 6.36. The molecular formula is C20H21F3N6O2S2. The van der Waals surface area contributed by atoms with Crippen molar-refractivity contribution in [3.05, 3.63) is 46.7 Å². The number of nitrogens with zero attached hydrogens (tertiary/aromatic N) is 4. The lowest BCUT2D eigenvalue weighted by Gasteiger charge is -2.12. The molecule has 0 bridgehead atoms. The summed E-state index contributed by atoms with van der Waals surface area (Å²) in [7, 11) is 0. The van der Waals surface area contributed by atoms with Gasteiger partial charge in [0, 0.05) is 17.6 Å². The third-order valence-electron chi connectivity index (χ3n) is 4.40. The zero-order valence-corrected chi connectivity index (χ0v) is 19.6. The first-order valence-electron chi connectivity index (χ1n) is 9.85. The first-order chi connectivity index (χ1) is 15.6. The summed E-state index contributed by atoms with van der Waals surface area (Å²) in [5.41, 5.74) is -0.0000263. The number of rotatable bonds is 8. The number of hydrogen-bond acceptors (Lipinski definition) is 7. The molecule has 2 heterocycles. The molecule has 2 aromatic heterocycles. The lowest BCUT2D eigenvalue weighted by Crippen LogP contribution is -2.23. The summed E-state index contributed by atoms with van der Waals surface area (Å²) >= 11 is 2.51. The van der Waals surface area contributed by atoms with Crippen molar-refractivity contribution in [2.75, 3.05) is 10.6 Å². The van der Waals surface area contributed by atoms with Gasteiger partial charge in [-0.2, -0.15) is 13.2 Å². The van der Waals surface area contributed by atoms with E-state index in [1.807, 2.05) is 19.2 Å². The number of thiazole rings is 1. The Labute approximate surface area is 196 Å². The van der Waals surface area contributed by atoms with Gasteiger partial charge in [-0.1, -0.05) is 17.8 Å². The second-order valence-electron chi connectivity index (χ2n) is 6.99. The van der Waals surface area contributed by atoms with Crippen LogP contribution in [0.3, 0.4) is 0 Å². The summed E-state index contributed by atoms with van der Waals surface area (Å²) in [5, 5.41) is 15.6. The molecule has 0 aliphatic carbocycles. The second kappa shape index (κ2) is 10.3. The predicted molar refractivity (Wildman–Crippen MR) is 120 cm³/mol. The maximum absolute atomic E-state index is 12.9. The quantitative estimate of drug-likeness (QED) is 0.447. The maximum atomic E-state index is 12.9. The number of amides is 2. The van der Waals surface area contributed by atoms with E-state index in [2.05, 4.69) is 25.8 Å². The Kier molecular flexibility index (Phi) is 7.74. The van der Waals surface area contributed by atoms with Crippen molar-refractivity contribution in [2.24, 2.45) is 0 Å². The zero-order valence-electron chi connectivity index (χ0n) is 17.9. The van der Waals surface area contributed by atoms with E-state index in [9.17, 15) is 22.8 Å². The van der Waals surface area contributed by atoms with Crippen LogP contribution in [0.2, 0.25) is 0 Å². The van der Waals surface area contributed by atoms with Crippen LogP contribution in [0.15, 0.2) is 34.8 Å². The van der Waals surface area contributed by atoms with Crippen molar-refractivity contribution >= 4 is 45.7 Å². The Morgan fingerprint density at radius 2 is 2.00 bits per heavy atom. The van der Waals surface area contributed by atoms with E-state index >= 15 is 0 Å². The summed E-state index contributed by atoms with van der Waals surface area (Å²) in [6.45, 7) is 5.83. The molecule has 0 saturated heterocycles. The van der Waals surface area contributed by atoms with Gasteiger partial charge in [-0.25, -0.2) is 4.98 Å². The van der Waals surface area contributed by atoms with E-state index in [1.165, 1.54) is 35.2 Å². The van der Waals surface area contributed by atoms with Crippen LogP contribution in [0, 0.1) is 6.92 Å². The summed E-state index contributed by atoms with van der Waals surface area (Å²) in [6, 6.07) is 4.40. The summed E-state index contributed by atoms with van der Waals surface area (Å²) in [4.78, 5) is 29.1. The van der Waals surface area contributed by atoms with Crippen LogP contribution >= 0.6 is 23.1 Å². The predicted octanol–water partition coefficient (Wildman–Crippen LogP) is 4.38. The van der Waals surface area contributed by atoms with E-state index < -0.39 is 22.9 Å². The van der Waals surface area contributed by atoms with Crippen LogP contribution in [0.25, 0.3) is 0 Å². The van der Waals surface area contributed by atoms with Gasteiger partial charge < -0.3 is 15.2 Å². The molecule has 8 nitrogen and oxygen atoms in total. The van der Waals surface area contributed by atoms with Gasteiger partial charge in [-0.15, -0.1) is 21.5 Å². The number of carbonyl (C=O) groups is 2. The van der Waals surface area contributed by atoms with Crippen molar-refractivity contribution in [1.29, 1.82) is 0 Å². The van der Waals surface area contributed by atoms with Gasteiger partial charge in [0.05, 0.1) is 22.9 Å². The lowest BCUT2D eigenvalue weighted by molar-refractivity contribution is -0.137. The number of aromatic nitrogens is 4. The summed E-state index contributed by atoms with van der Waals surface area (Å²) in [5.74, 6) is -0.436. The molecule has 1 aromatic carbocycles. The molecule has 0 aliphatic rings. The fraction of sp³-hybridized carbons (Fsp3) is 0.350. The number of carbonyl (C=O) groups excluding carboxylic acids is 2. The Bertz CT molecular complexity index is 1150. The van der Waals surface area contributed by atoms with Crippen molar-refractivity contribution in [3.8, 4) is 0 Å². The molecule has 0 radical (unpaired) electrons. The molecule has 0 saturated carbocycles. The molecule has 33 heavy (non-hydrogen) atoms. The monoisotopic (exact) mass is 498 g/mol. The average molecular weight is 499 g/mol. The molecule has 0 aliphatic heterocycles. The Balaban J connectivity index is 1.64. The fourth-order valence-corrected chi connectivity index (χ4v) is 4.43. The van der Waals surface area contributed by atoms with E-state index in [0.29, 0.717) is 22.7 Å². The van der Waals surface area contributed by atoms with Gasteiger partial charge in [0.15, 0.2) is 10.3 Å². The number of hydrogen-bond donors (Lipinski definition) is 2. The maximum Gasteiger partial charge on any atom is 0.416 e. The number of aryl methyl sites for hydroxylation is 1. The van der Waals surface area contributed by atoms with E-state index in [4.69, 9.17) is 0 Å². The number of halogens is 3. The van der Waals surface area contributed by atoms with Crippen molar-refractivity contribution in [2.45, 2.75) is 50.3 Å². The van der Waals surface area contributed by atoms with E-state index in [1.54, 1.807) is 11.5 Å². The number of anilines is 2. The highest BCUT2D eigenvalue weighted by atomic mass is 32.2. The first-order valence-corrected chi connectivity index (χ1v) is 11.6. The Morgan fingerprint density at radius 1 is 1.24 bits per heavy atom. The smallest absolute Gasteiger partial charge is 0.326 e. The Hall–Kier alpha value is -2.93. The van der Waals surface area contributed by atoms with Gasteiger partial charge in [-0.05, 0) is 39.0 Å². The number of alkyl halides is 3. The molecule has 13 heteroatoms. The molecule has 3 aromatic rings. The SMILES string of the molecule is CCn1c(CC(=O)Nc2cccc(C(F)(F)F)c2)nnc1SC(C)C(=O)Nc1nc(C)cs1. The fourth-order valence-electron chi connectivity index (χ4n) is 2.81. The lowest BCUT2D eigenvalue weighted by atomic mass is 10.2. The van der Waals surface area contributed by atoms with Crippen LogP contribution in [0.5, 0.6) is 0 Å². The average Bonchev–Trinajstić information content (AvgIpc) is 3.32. The molecular weight excluding hydrogens is 477 g/mol. The Morgan fingerprint density at radius 3 is 2.64 bits per heavy atom. The molecule has 0 fully saturated rings. The minimum atomic E-state index is -4.50. The number of thioether (sulfide) groups is 1. The molecule has 0 spiro atoms. The van der Waals surface area contributed by atoms with Gasteiger partial charge in [0.2, 0.25) is 11.8 Å². The standard InChI is InChI=1S/C20H21F3N6O2S2/c1-4-29-15(9-16(30)25-14-7-5-6-13(8-14)20(21,22)23)27-28-19(29)33-12(3)17(31)26-18-24-11(2)10-32-18/h5-8,10,12H,4,9H2,1-3H3,(H,25,30)(H,24,26,31). The molecule has 2 amide bonds. The molecule has 1 atom stereocenters. The normalized spacial score (nSPS) is 12.4. The zero-order chi connectivity index (χ0) is 24.2. The highest BCUT2D eigenvalue weighted by Gasteiger charge is 2.30. The van der Waals surface area contributed by atoms with Gasteiger partial charge in [0.1, 0.15) is 5.82 Å². The second-order valence-corrected chi connectivity index (χ2v) is 9.16. The number of benzene rings is 1. The van der Waals surface area contributed by atoms with Crippen molar-refractivity contribution in [1.82, 2.24) is 19.7 Å². The topological polar surface area (TPSA) is 102 Å². The van der Waals surface area contributed by atoms with Crippen molar-refractivity contribution in [3.63, 3.8) is 0 Å². The van der Waals surface area contributed by atoms with Crippen LogP contribution in [-0.2, 0) is 28.7 Å². The number of nitrogens with one attached hydrogen (secondary N) is 2. The summed E-state index contributed by atoms with van der Waals surface area (Å²) in [6.07, 6.45) is -4.69. The van der Waals surface area contributed by atoms with Crippen LogP contribution in [0.4, 0.5) is 24.0 Å². The van der Waals surface area contributed by atoms with E-state index in [0.717, 1.165) is 17.8 Å². The van der Waals surface area contributed by atoms with Crippen LogP contribution in [0.1, 0.15) is 30.9 Å². The molecule has 2 N–H and O–H groups in total. The summed E-state index contributed by atoms with van der Waals surface area (Å²) < 4.78 is 40.3. The minimum absolute atomic E-state index is 0.0368. The van der Waals surface area contributed by atoms with Gasteiger partial charge >= 0.3 is 6.18 Å². The van der Waals surface area contributed by atoms with Crippen LogP contribution < -0.4 is 10.6 Å². The third kappa shape index (κ3) is 6.54. The largest absolute Gasteiger partial charge is 0.416 e. The van der Waals surface area contributed by atoms with E-state index in [-0.39, 0.29) is 18.0 Å². The van der Waals surface area contributed by atoms with Gasteiger partial charge in [-0.3, -0.25) is 9.59 Å². The van der Waals surface area contributed by atoms with Gasteiger partial charge in [0.25, 0.3) is 0 Å².